The third-order valence-electron chi connectivity index (χ3n) is 3.61. The second-order valence-corrected chi connectivity index (χ2v) is 6.96. The van der Waals surface area contributed by atoms with E-state index < -0.39 is 0 Å². The molecule has 0 radical (unpaired) electrons. The largest absolute Gasteiger partial charge is 0.488 e. The lowest BCUT2D eigenvalue weighted by Crippen LogP contribution is -2.30. The number of nitrogens with zero attached hydrogens (tertiary/aromatic N) is 2. The molecule has 24 heavy (non-hydrogen) atoms. The monoisotopic (exact) mass is 326 g/mol. The molecule has 0 saturated carbocycles. The molecule has 0 atom stereocenters. The molecule has 2 aromatic rings. The maximum atomic E-state index is 12.3. The van der Waals surface area contributed by atoms with Crippen LogP contribution in [0.1, 0.15) is 31.9 Å². The molecule has 0 unspecified atom stereocenters. The van der Waals surface area contributed by atoms with Crippen LogP contribution in [-0.2, 0) is 17.6 Å². The summed E-state index contributed by atoms with van der Waals surface area (Å²) in [6, 6.07) is 11.7. The normalized spacial score (nSPS) is 11.2. The topological polar surface area (TPSA) is 42.4 Å². The molecule has 0 aliphatic carbocycles. The maximum absolute atomic E-state index is 12.3. The van der Waals surface area contributed by atoms with Gasteiger partial charge >= 0.3 is 0 Å². The van der Waals surface area contributed by atoms with E-state index in [0.717, 1.165) is 17.7 Å². The number of ether oxygens (including phenoxy) is 1. The Balaban J connectivity index is 1.84. The summed E-state index contributed by atoms with van der Waals surface area (Å²) in [7, 11) is 1.85. The highest BCUT2D eigenvalue weighted by Crippen LogP contribution is 2.18. The van der Waals surface area contributed by atoms with E-state index in [1.807, 2.05) is 64.2 Å². The minimum atomic E-state index is -0.218. The average molecular weight is 326 g/mol. The molecule has 128 valence electrons. The van der Waals surface area contributed by atoms with Crippen LogP contribution in [0.2, 0.25) is 0 Å². The Kier molecular flexibility index (Phi) is 5.96. The van der Waals surface area contributed by atoms with Crippen molar-refractivity contribution in [2.24, 2.45) is 0 Å². The Morgan fingerprint density at radius 3 is 2.25 bits per heavy atom. The lowest BCUT2D eigenvalue weighted by molar-refractivity contribution is -0.129. The zero-order chi connectivity index (χ0) is 17.6. The van der Waals surface area contributed by atoms with Gasteiger partial charge in [0.2, 0.25) is 5.91 Å². The van der Waals surface area contributed by atoms with Crippen molar-refractivity contribution in [1.29, 1.82) is 0 Å². The molecule has 0 aliphatic rings. The molecule has 4 heteroatoms. The minimum absolute atomic E-state index is 0.119. The van der Waals surface area contributed by atoms with Gasteiger partial charge in [0.15, 0.2) is 0 Å². The lowest BCUT2D eigenvalue weighted by Gasteiger charge is -2.21. The molecule has 0 aliphatic heterocycles. The number of aromatic nitrogens is 1. The summed E-state index contributed by atoms with van der Waals surface area (Å²) >= 11 is 0. The van der Waals surface area contributed by atoms with Crippen LogP contribution >= 0.6 is 0 Å². The molecule has 2 rings (SSSR count). The fraction of sp³-hybridized carbons (Fsp3) is 0.400. The van der Waals surface area contributed by atoms with Crippen LogP contribution in [-0.4, -0.2) is 35.0 Å². The lowest BCUT2D eigenvalue weighted by atomic mass is 10.1. The molecule has 0 N–H and O–H groups in total. The number of carbonyl (C=O) groups excluding carboxylic acids is 1. The van der Waals surface area contributed by atoms with Crippen LogP contribution in [0.15, 0.2) is 48.8 Å². The van der Waals surface area contributed by atoms with Crippen molar-refractivity contribution in [3.8, 4) is 5.75 Å². The van der Waals surface area contributed by atoms with Crippen molar-refractivity contribution < 1.29 is 9.53 Å². The first-order valence-corrected chi connectivity index (χ1v) is 8.24. The smallest absolute Gasteiger partial charge is 0.226 e. The Labute approximate surface area is 144 Å². The SMILES string of the molecule is CN(CCc1ccncc1)C(=O)Cc1ccc(OC(C)(C)C)cc1. The van der Waals surface area contributed by atoms with Gasteiger partial charge in [-0.1, -0.05) is 12.1 Å². The standard InChI is InChI=1S/C20H26N2O2/c1-20(2,3)24-18-7-5-17(6-8-18)15-19(23)22(4)14-11-16-9-12-21-13-10-16/h5-10,12-13H,11,14-15H2,1-4H3. The van der Waals surface area contributed by atoms with Gasteiger partial charge in [0.1, 0.15) is 11.4 Å². The van der Waals surface area contributed by atoms with E-state index in [0.29, 0.717) is 13.0 Å². The maximum Gasteiger partial charge on any atom is 0.226 e. The van der Waals surface area contributed by atoms with Crippen molar-refractivity contribution in [3.63, 3.8) is 0 Å². The van der Waals surface area contributed by atoms with Gasteiger partial charge in [-0.2, -0.15) is 0 Å². The number of carbonyl (C=O) groups is 1. The molecule has 1 amide bonds. The Bertz CT molecular complexity index is 646. The highest BCUT2D eigenvalue weighted by molar-refractivity contribution is 5.78. The molecular formula is C20H26N2O2. The number of amides is 1. The van der Waals surface area contributed by atoms with Crippen LogP contribution in [0.5, 0.6) is 5.75 Å². The molecular weight excluding hydrogens is 300 g/mol. The second-order valence-electron chi connectivity index (χ2n) is 6.96. The van der Waals surface area contributed by atoms with Gasteiger partial charge in [0.25, 0.3) is 0 Å². The van der Waals surface area contributed by atoms with Crippen LogP contribution in [0, 0.1) is 0 Å². The van der Waals surface area contributed by atoms with Gasteiger partial charge in [-0.05, 0) is 62.6 Å². The van der Waals surface area contributed by atoms with E-state index in [-0.39, 0.29) is 11.5 Å². The molecule has 0 saturated heterocycles. The first-order valence-electron chi connectivity index (χ1n) is 8.24. The second kappa shape index (κ2) is 7.95. The van der Waals surface area contributed by atoms with Gasteiger partial charge in [0.05, 0.1) is 6.42 Å². The van der Waals surface area contributed by atoms with Crippen LogP contribution in [0.3, 0.4) is 0 Å². The van der Waals surface area contributed by atoms with Gasteiger partial charge in [-0.25, -0.2) is 0 Å². The van der Waals surface area contributed by atoms with Gasteiger partial charge in [-0.3, -0.25) is 9.78 Å². The molecule has 1 heterocycles. The summed E-state index contributed by atoms with van der Waals surface area (Å²) in [5.41, 5.74) is 1.97. The summed E-state index contributed by atoms with van der Waals surface area (Å²) in [6.07, 6.45) is 4.79. The first-order chi connectivity index (χ1) is 11.3. The zero-order valence-corrected chi connectivity index (χ0v) is 15.0. The van der Waals surface area contributed by atoms with Crippen molar-refractivity contribution in [2.75, 3.05) is 13.6 Å². The molecule has 1 aromatic heterocycles. The van der Waals surface area contributed by atoms with Crippen LogP contribution < -0.4 is 4.74 Å². The van der Waals surface area contributed by atoms with E-state index in [1.165, 1.54) is 5.56 Å². The van der Waals surface area contributed by atoms with Gasteiger partial charge in [-0.15, -0.1) is 0 Å². The average Bonchev–Trinajstić information content (AvgIpc) is 2.54. The Morgan fingerprint density at radius 2 is 1.67 bits per heavy atom. The summed E-state index contributed by atoms with van der Waals surface area (Å²) in [6.45, 7) is 6.75. The van der Waals surface area contributed by atoms with Crippen molar-refractivity contribution in [1.82, 2.24) is 9.88 Å². The van der Waals surface area contributed by atoms with E-state index in [9.17, 15) is 4.79 Å². The third kappa shape index (κ3) is 6.03. The highest BCUT2D eigenvalue weighted by Gasteiger charge is 2.13. The molecule has 0 bridgehead atoms. The fourth-order valence-corrected chi connectivity index (χ4v) is 2.31. The fourth-order valence-electron chi connectivity index (χ4n) is 2.31. The predicted octanol–water partition coefficient (Wildman–Crippen LogP) is 3.50. The van der Waals surface area contributed by atoms with Crippen molar-refractivity contribution >= 4 is 5.91 Å². The van der Waals surface area contributed by atoms with Crippen LogP contribution in [0.25, 0.3) is 0 Å². The quantitative estimate of drug-likeness (QED) is 0.816. The highest BCUT2D eigenvalue weighted by atomic mass is 16.5. The number of likely N-dealkylation sites (N-methyl/N-ethyl adjacent to an activating group) is 1. The number of rotatable bonds is 6. The summed E-state index contributed by atoms with van der Waals surface area (Å²) in [5.74, 6) is 0.943. The molecule has 1 aromatic carbocycles. The van der Waals surface area contributed by atoms with Crippen LogP contribution in [0.4, 0.5) is 0 Å². The number of benzene rings is 1. The molecule has 0 fully saturated rings. The summed E-state index contributed by atoms with van der Waals surface area (Å²) < 4.78 is 5.80. The summed E-state index contributed by atoms with van der Waals surface area (Å²) in [5, 5.41) is 0. The molecule has 4 nitrogen and oxygen atoms in total. The number of hydrogen-bond donors (Lipinski definition) is 0. The van der Waals surface area contributed by atoms with Gasteiger partial charge < -0.3 is 9.64 Å². The van der Waals surface area contributed by atoms with E-state index >= 15 is 0 Å². The Hall–Kier alpha value is -2.36. The van der Waals surface area contributed by atoms with Gasteiger partial charge in [0, 0.05) is 26.0 Å². The van der Waals surface area contributed by atoms with E-state index in [4.69, 9.17) is 4.74 Å². The predicted molar refractivity (Wildman–Crippen MR) is 96.1 cm³/mol. The van der Waals surface area contributed by atoms with E-state index in [1.54, 1.807) is 17.3 Å². The minimum Gasteiger partial charge on any atom is -0.488 e. The number of pyridine rings is 1. The van der Waals surface area contributed by atoms with Crippen molar-refractivity contribution in [3.05, 3.63) is 59.9 Å². The first kappa shape index (κ1) is 18.0. The molecule has 0 spiro atoms. The third-order valence-corrected chi connectivity index (χ3v) is 3.61. The summed E-state index contributed by atoms with van der Waals surface area (Å²) in [4.78, 5) is 18.1. The Morgan fingerprint density at radius 1 is 1.04 bits per heavy atom. The number of hydrogen-bond acceptors (Lipinski definition) is 3. The zero-order valence-electron chi connectivity index (χ0n) is 15.0. The van der Waals surface area contributed by atoms with E-state index in [2.05, 4.69) is 4.98 Å². The van der Waals surface area contributed by atoms with Crippen molar-refractivity contribution in [2.45, 2.75) is 39.2 Å².